The van der Waals surface area contributed by atoms with E-state index >= 15 is 0 Å². The summed E-state index contributed by atoms with van der Waals surface area (Å²) in [4.78, 5) is 31.0. The van der Waals surface area contributed by atoms with Crippen LogP contribution in [0.15, 0.2) is 23.1 Å². The molecule has 0 bridgehead atoms. The minimum atomic E-state index is -0.601. The first-order valence-corrected chi connectivity index (χ1v) is 8.00. The molecule has 24 heavy (non-hydrogen) atoms. The van der Waals surface area contributed by atoms with E-state index in [-0.39, 0.29) is 5.56 Å². The molecule has 128 valence electrons. The number of nitrogens with one attached hydrogen (secondary N) is 2. The number of amides is 1. The zero-order valence-electron chi connectivity index (χ0n) is 13.6. The standard InChI is InChI=1S/C16H21N5O3/c1-11-3-2-7-21-13(11)19-15(23)12(16(21)24)14(22)18-6-10-20-8-4-17-5-9-20/h2-3,7,17,23H,4-6,8-10H2,1H3,(H,18,22). The number of fused-ring (bicyclic) bond motifs is 1. The molecule has 0 aromatic carbocycles. The summed E-state index contributed by atoms with van der Waals surface area (Å²) in [6.07, 6.45) is 1.54. The van der Waals surface area contributed by atoms with Crippen molar-refractivity contribution in [3.05, 3.63) is 39.8 Å². The second kappa shape index (κ2) is 6.98. The van der Waals surface area contributed by atoms with Crippen molar-refractivity contribution in [3.8, 4) is 5.88 Å². The van der Waals surface area contributed by atoms with Crippen molar-refractivity contribution in [2.75, 3.05) is 39.3 Å². The van der Waals surface area contributed by atoms with Crippen LogP contribution in [-0.4, -0.2) is 64.6 Å². The van der Waals surface area contributed by atoms with E-state index in [0.29, 0.717) is 18.7 Å². The Balaban J connectivity index is 1.76. The van der Waals surface area contributed by atoms with Crippen molar-refractivity contribution >= 4 is 11.6 Å². The highest BCUT2D eigenvalue weighted by molar-refractivity contribution is 5.96. The summed E-state index contributed by atoms with van der Waals surface area (Å²) < 4.78 is 1.28. The summed E-state index contributed by atoms with van der Waals surface area (Å²) in [5, 5.41) is 16.0. The normalized spacial score (nSPS) is 15.5. The van der Waals surface area contributed by atoms with E-state index in [4.69, 9.17) is 0 Å². The summed E-state index contributed by atoms with van der Waals surface area (Å²) in [6, 6.07) is 3.49. The number of piperazine rings is 1. The largest absolute Gasteiger partial charge is 0.493 e. The van der Waals surface area contributed by atoms with Crippen molar-refractivity contribution in [1.29, 1.82) is 0 Å². The monoisotopic (exact) mass is 331 g/mol. The molecule has 3 N–H and O–H groups in total. The average molecular weight is 331 g/mol. The maximum atomic E-state index is 12.5. The molecular formula is C16H21N5O3. The number of hydrogen-bond donors (Lipinski definition) is 3. The fourth-order valence-electron chi connectivity index (χ4n) is 2.84. The van der Waals surface area contributed by atoms with Crippen LogP contribution in [0.4, 0.5) is 0 Å². The number of carbonyl (C=O) groups is 1. The predicted molar refractivity (Wildman–Crippen MR) is 89.5 cm³/mol. The lowest BCUT2D eigenvalue weighted by molar-refractivity contribution is 0.0942. The smallest absolute Gasteiger partial charge is 0.274 e. The maximum absolute atomic E-state index is 12.5. The van der Waals surface area contributed by atoms with Gasteiger partial charge < -0.3 is 15.7 Å². The molecule has 0 saturated carbocycles. The zero-order valence-corrected chi connectivity index (χ0v) is 13.6. The summed E-state index contributed by atoms with van der Waals surface area (Å²) in [6.45, 7) is 6.63. The van der Waals surface area contributed by atoms with Crippen LogP contribution in [0.1, 0.15) is 15.9 Å². The second-order valence-corrected chi connectivity index (χ2v) is 5.85. The van der Waals surface area contributed by atoms with Crippen molar-refractivity contribution in [3.63, 3.8) is 0 Å². The molecule has 0 unspecified atom stereocenters. The number of nitrogens with zero attached hydrogens (tertiary/aromatic N) is 3. The van der Waals surface area contributed by atoms with Crippen LogP contribution < -0.4 is 16.2 Å². The molecule has 1 aliphatic rings. The molecule has 0 radical (unpaired) electrons. The van der Waals surface area contributed by atoms with Crippen molar-refractivity contribution < 1.29 is 9.90 Å². The molecule has 8 heteroatoms. The number of hydrogen-bond acceptors (Lipinski definition) is 6. The molecule has 2 aromatic heterocycles. The van der Waals surface area contributed by atoms with Gasteiger partial charge >= 0.3 is 0 Å². The molecule has 0 atom stereocenters. The average Bonchev–Trinajstić information content (AvgIpc) is 2.57. The Morgan fingerprint density at radius 3 is 2.92 bits per heavy atom. The van der Waals surface area contributed by atoms with Crippen molar-refractivity contribution in [2.24, 2.45) is 0 Å². The van der Waals surface area contributed by atoms with E-state index in [1.54, 1.807) is 19.1 Å². The molecule has 1 saturated heterocycles. The third-order valence-electron chi connectivity index (χ3n) is 4.18. The number of aromatic nitrogens is 2. The quantitative estimate of drug-likeness (QED) is 0.688. The van der Waals surface area contributed by atoms with Crippen LogP contribution >= 0.6 is 0 Å². The topological polar surface area (TPSA) is 99.0 Å². The number of carbonyl (C=O) groups excluding carboxylic acids is 1. The molecule has 3 heterocycles. The predicted octanol–water partition coefficient (Wildman–Crippen LogP) is -0.656. The Morgan fingerprint density at radius 1 is 1.42 bits per heavy atom. The lowest BCUT2D eigenvalue weighted by Crippen LogP contribution is -2.46. The molecule has 8 nitrogen and oxygen atoms in total. The Hall–Kier alpha value is -2.45. The first-order valence-electron chi connectivity index (χ1n) is 8.00. The van der Waals surface area contributed by atoms with Gasteiger partial charge in [0.1, 0.15) is 5.65 Å². The molecule has 1 aliphatic heterocycles. The third-order valence-corrected chi connectivity index (χ3v) is 4.18. The summed E-state index contributed by atoms with van der Waals surface area (Å²) in [5.74, 6) is -1.13. The van der Waals surface area contributed by atoms with Gasteiger partial charge in [-0.05, 0) is 18.6 Å². The molecule has 0 spiro atoms. The van der Waals surface area contributed by atoms with Gasteiger partial charge in [-0.1, -0.05) is 6.07 Å². The highest BCUT2D eigenvalue weighted by atomic mass is 16.3. The van der Waals surface area contributed by atoms with Gasteiger partial charge in [-0.2, -0.15) is 4.98 Å². The maximum Gasteiger partial charge on any atom is 0.274 e. The molecule has 1 amide bonds. The molecular weight excluding hydrogens is 310 g/mol. The van der Waals surface area contributed by atoms with Gasteiger partial charge in [0, 0.05) is 45.5 Å². The van der Waals surface area contributed by atoms with Crippen LogP contribution in [0, 0.1) is 6.92 Å². The number of aromatic hydroxyl groups is 1. The van der Waals surface area contributed by atoms with Gasteiger partial charge in [0.2, 0.25) is 5.88 Å². The minimum Gasteiger partial charge on any atom is -0.493 e. The number of rotatable bonds is 4. The Kier molecular flexibility index (Phi) is 4.77. The van der Waals surface area contributed by atoms with Crippen LogP contribution in [0.25, 0.3) is 5.65 Å². The Bertz CT molecular complexity index is 811. The summed E-state index contributed by atoms with van der Waals surface area (Å²) >= 11 is 0. The zero-order chi connectivity index (χ0) is 17.1. The molecule has 1 fully saturated rings. The van der Waals surface area contributed by atoms with Gasteiger partial charge in [-0.15, -0.1) is 0 Å². The Morgan fingerprint density at radius 2 is 2.17 bits per heavy atom. The van der Waals surface area contributed by atoms with Crippen LogP contribution in [0.5, 0.6) is 5.88 Å². The summed E-state index contributed by atoms with van der Waals surface area (Å²) in [5.41, 5.74) is 0.201. The van der Waals surface area contributed by atoms with Gasteiger partial charge in [0.05, 0.1) is 0 Å². The fraction of sp³-hybridized carbons (Fsp3) is 0.438. The second-order valence-electron chi connectivity index (χ2n) is 5.85. The van der Waals surface area contributed by atoms with Crippen LogP contribution in [-0.2, 0) is 0 Å². The third kappa shape index (κ3) is 3.24. The van der Waals surface area contributed by atoms with Gasteiger partial charge in [-0.25, -0.2) is 0 Å². The van der Waals surface area contributed by atoms with E-state index in [9.17, 15) is 14.7 Å². The van der Waals surface area contributed by atoms with Gasteiger partial charge in [0.25, 0.3) is 11.5 Å². The molecule has 2 aromatic rings. The lowest BCUT2D eigenvalue weighted by atomic mass is 10.2. The van der Waals surface area contributed by atoms with E-state index in [1.807, 2.05) is 0 Å². The molecule has 0 aliphatic carbocycles. The van der Waals surface area contributed by atoms with Gasteiger partial charge in [0.15, 0.2) is 5.56 Å². The van der Waals surface area contributed by atoms with E-state index in [0.717, 1.165) is 31.7 Å². The Labute approximate surface area is 139 Å². The first kappa shape index (κ1) is 16.4. The van der Waals surface area contributed by atoms with Crippen molar-refractivity contribution in [1.82, 2.24) is 24.9 Å². The first-order chi connectivity index (χ1) is 11.6. The van der Waals surface area contributed by atoms with E-state index in [2.05, 4.69) is 20.5 Å². The van der Waals surface area contributed by atoms with Gasteiger partial charge in [-0.3, -0.25) is 18.9 Å². The number of aryl methyl sites for hydroxylation is 1. The lowest BCUT2D eigenvalue weighted by Gasteiger charge is -2.27. The fourth-order valence-corrected chi connectivity index (χ4v) is 2.84. The number of pyridine rings is 1. The van der Waals surface area contributed by atoms with E-state index in [1.165, 1.54) is 10.6 Å². The SMILES string of the molecule is Cc1cccn2c(=O)c(C(=O)NCCN3CCNCC3)c(O)nc12. The highest BCUT2D eigenvalue weighted by Crippen LogP contribution is 2.13. The van der Waals surface area contributed by atoms with E-state index < -0.39 is 17.3 Å². The molecule has 3 rings (SSSR count). The summed E-state index contributed by atoms with van der Waals surface area (Å²) in [7, 11) is 0. The van der Waals surface area contributed by atoms with Crippen molar-refractivity contribution in [2.45, 2.75) is 6.92 Å². The van der Waals surface area contributed by atoms with Crippen LogP contribution in [0.2, 0.25) is 0 Å². The minimum absolute atomic E-state index is 0.321. The van der Waals surface area contributed by atoms with Crippen LogP contribution in [0.3, 0.4) is 0 Å². The highest BCUT2D eigenvalue weighted by Gasteiger charge is 2.20.